The van der Waals surface area contributed by atoms with Crippen molar-refractivity contribution in [2.24, 2.45) is 5.92 Å². The minimum absolute atomic E-state index is 0.178. The number of rotatable bonds is 3. The van der Waals surface area contributed by atoms with Gasteiger partial charge in [-0.2, -0.15) is 0 Å². The number of carboxylic acids is 1. The Labute approximate surface area is 101 Å². The number of ether oxygens (including phenoxy) is 1. The first kappa shape index (κ1) is 12.0. The predicted molar refractivity (Wildman–Crippen MR) is 65.2 cm³/mol. The average Bonchev–Trinajstić information content (AvgIpc) is 2.29. The summed E-state index contributed by atoms with van der Waals surface area (Å²) in [7, 11) is 0. The predicted octanol–water partition coefficient (Wildman–Crippen LogP) is 3.02. The molecule has 0 spiro atoms. The van der Waals surface area contributed by atoms with Crippen LogP contribution in [0.25, 0.3) is 0 Å². The molecule has 1 aliphatic rings. The van der Waals surface area contributed by atoms with Gasteiger partial charge in [0.2, 0.25) is 0 Å². The first-order valence-electron chi connectivity index (χ1n) is 6.13. The Hall–Kier alpha value is -1.51. The van der Waals surface area contributed by atoms with Crippen molar-refractivity contribution >= 4 is 5.97 Å². The highest BCUT2D eigenvalue weighted by Crippen LogP contribution is 2.28. The summed E-state index contributed by atoms with van der Waals surface area (Å²) in [6.07, 6.45) is 3.43. The van der Waals surface area contributed by atoms with Gasteiger partial charge in [-0.3, -0.25) is 4.79 Å². The summed E-state index contributed by atoms with van der Waals surface area (Å²) in [5.41, 5.74) is 1.13. The van der Waals surface area contributed by atoms with E-state index in [1.54, 1.807) is 0 Å². The number of benzene rings is 1. The topological polar surface area (TPSA) is 46.5 Å². The maximum atomic E-state index is 11.1. The molecule has 1 aromatic carbocycles. The largest absolute Gasteiger partial charge is 0.490 e. The van der Waals surface area contributed by atoms with E-state index in [9.17, 15) is 4.79 Å². The summed E-state index contributed by atoms with van der Waals surface area (Å²) >= 11 is 0. The van der Waals surface area contributed by atoms with Gasteiger partial charge in [0.1, 0.15) is 11.9 Å². The van der Waals surface area contributed by atoms with Gasteiger partial charge in [-0.25, -0.2) is 0 Å². The molecule has 2 rings (SSSR count). The minimum atomic E-state index is -0.734. The molecule has 1 N–H and O–H groups in total. The van der Waals surface area contributed by atoms with Gasteiger partial charge in [0.15, 0.2) is 0 Å². The van der Waals surface area contributed by atoms with Gasteiger partial charge in [0.25, 0.3) is 0 Å². The first-order chi connectivity index (χ1) is 8.16. The molecule has 1 aliphatic carbocycles. The molecule has 0 amide bonds. The molecule has 2 unspecified atom stereocenters. The fraction of sp³-hybridized carbons (Fsp3) is 0.500. The van der Waals surface area contributed by atoms with Gasteiger partial charge >= 0.3 is 5.97 Å². The summed E-state index contributed by atoms with van der Waals surface area (Å²) < 4.78 is 5.83. The number of hydrogen-bond donors (Lipinski definition) is 1. The monoisotopic (exact) mass is 234 g/mol. The van der Waals surface area contributed by atoms with Gasteiger partial charge in [-0.05, 0) is 43.9 Å². The molecule has 0 saturated heterocycles. The highest BCUT2D eigenvalue weighted by Gasteiger charge is 2.32. The molecule has 0 aromatic heterocycles. The SMILES string of the molecule is Cc1cccc(OC2CCCCC2C(=O)O)c1. The molecule has 1 aromatic rings. The summed E-state index contributed by atoms with van der Waals surface area (Å²) in [6, 6.07) is 7.78. The van der Waals surface area contributed by atoms with Crippen LogP contribution in [-0.4, -0.2) is 17.2 Å². The smallest absolute Gasteiger partial charge is 0.310 e. The molecule has 3 heteroatoms. The van der Waals surface area contributed by atoms with Crippen molar-refractivity contribution in [3.63, 3.8) is 0 Å². The first-order valence-corrected chi connectivity index (χ1v) is 6.13. The molecule has 1 fully saturated rings. The summed E-state index contributed by atoms with van der Waals surface area (Å²) in [6.45, 7) is 2.00. The van der Waals surface area contributed by atoms with Crippen molar-refractivity contribution in [2.45, 2.75) is 38.7 Å². The molecular formula is C14H18O3. The highest BCUT2D eigenvalue weighted by molar-refractivity contribution is 5.70. The molecule has 92 valence electrons. The van der Waals surface area contributed by atoms with Crippen LogP contribution in [0.2, 0.25) is 0 Å². The van der Waals surface area contributed by atoms with Crippen LogP contribution in [0.3, 0.4) is 0 Å². The van der Waals surface area contributed by atoms with Crippen LogP contribution in [0.5, 0.6) is 5.75 Å². The molecule has 17 heavy (non-hydrogen) atoms. The lowest BCUT2D eigenvalue weighted by Crippen LogP contribution is -2.35. The minimum Gasteiger partial charge on any atom is -0.490 e. The van der Waals surface area contributed by atoms with Gasteiger partial charge in [-0.15, -0.1) is 0 Å². The van der Waals surface area contributed by atoms with E-state index in [2.05, 4.69) is 0 Å². The zero-order chi connectivity index (χ0) is 12.3. The third-order valence-corrected chi connectivity index (χ3v) is 3.30. The van der Waals surface area contributed by atoms with Crippen molar-refractivity contribution in [3.8, 4) is 5.75 Å². The lowest BCUT2D eigenvalue weighted by Gasteiger charge is -2.29. The Morgan fingerprint density at radius 3 is 2.82 bits per heavy atom. The van der Waals surface area contributed by atoms with E-state index in [0.717, 1.165) is 37.0 Å². The standard InChI is InChI=1S/C14H18O3/c1-10-5-4-6-11(9-10)17-13-8-3-2-7-12(13)14(15)16/h4-6,9,12-13H,2-3,7-8H2,1H3,(H,15,16). The van der Waals surface area contributed by atoms with E-state index in [0.29, 0.717) is 0 Å². The second-order valence-corrected chi connectivity index (χ2v) is 4.70. The normalized spacial score (nSPS) is 24.3. The maximum Gasteiger partial charge on any atom is 0.310 e. The van der Waals surface area contributed by atoms with Crippen LogP contribution in [0.1, 0.15) is 31.2 Å². The number of aryl methyl sites for hydroxylation is 1. The molecule has 0 radical (unpaired) electrons. The second kappa shape index (κ2) is 5.21. The Bertz CT molecular complexity index is 400. The van der Waals surface area contributed by atoms with Gasteiger partial charge < -0.3 is 9.84 Å². The number of carboxylic acid groups (broad SMARTS) is 1. The fourth-order valence-corrected chi connectivity index (χ4v) is 2.38. The van der Waals surface area contributed by atoms with Crippen LogP contribution in [0.15, 0.2) is 24.3 Å². The van der Waals surface area contributed by atoms with Gasteiger partial charge in [0, 0.05) is 0 Å². The quantitative estimate of drug-likeness (QED) is 0.874. The van der Waals surface area contributed by atoms with E-state index < -0.39 is 5.97 Å². The van der Waals surface area contributed by atoms with Gasteiger partial charge in [0.05, 0.1) is 5.92 Å². The third-order valence-electron chi connectivity index (χ3n) is 3.30. The third kappa shape index (κ3) is 2.99. The van der Waals surface area contributed by atoms with E-state index in [4.69, 9.17) is 9.84 Å². The maximum absolute atomic E-state index is 11.1. The van der Waals surface area contributed by atoms with Crippen LogP contribution in [-0.2, 0) is 4.79 Å². The Balaban J connectivity index is 2.08. The second-order valence-electron chi connectivity index (χ2n) is 4.70. The fourth-order valence-electron chi connectivity index (χ4n) is 2.38. The summed E-state index contributed by atoms with van der Waals surface area (Å²) in [4.78, 5) is 11.1. The van der Waals surface area contributed by atoms with Crippen LogP contribution in [0.4, 0.5) is 0 Å². The summed E-state index contributed by atoms with van der Waals surface area (Å²) in [5.74, 6) is -0.310. The zero-order valence-corrected chi connectivity index (χ0v) is 10.1. The number of aliphatic carboxylic acids is 1. The van der Waals surface area contributed by atoms with Crippen molar-refractivity contribution in [3.05, 3.63) is 29.8 Å². The number of carbonyl (C=O) groups is 1. The Morgan fingerprint density at radius 2 is 2.12 bits per heavy atom. The molecule has 3 nitrogen and oxygen atoms in total. The lowest BCUT2D eigenvalue weighted by atomic mass is 9.86. The lowest BCUT2D eigenvalue weighted by molar-refractivity contribution is -0.146. The Kier molecular flexibility index (Phi) is 3.67. The molecule has 0 aliphatic heterocycles. The summed E-state index contributed by atoms with van der Waals surface area (Å²) in [5, 5.41) is 9.16. The van der Waals surface area contributed by atoms with Crippen molar-refractivity contribution in [1.82, 2.24) is 0 Å². The average molecular weight is 234 g/mol. The van der Waals surface area contributed by atoms with Gasteiger partial charge in [-0.1, -0.05) is 18.6 Å². The van der Waals surface area contributed by atoms with E-state index >= 15 is 0 Å². The molecule has 0 heterocycles. The van der Waals surface area contributed by atoms with Crippen LogP contribution >= 0.6 is 0 Å². The molecule has 1 saturated carbocycles. The Morgan fingerprint density at radius 1 is 1.35 bits per heavy atom. The number of hydrogen-bond acceptors (Lipinski definition) is 2. The molecule has 2 atom stereocenters. The molecular weight excluding hydrogens is 216 g/mol. The van der Waals surface area contributed by atoms with Crippen molar-refractivity contribution in [1.29, 1.82) is 0 Å². The van der Waals surface area contributed by atoms with E-state index in [-0.39, 0.29) is 12.0 Å². The van der Waals surface area contributed by atoms with E-state index in [1.807, 2.05) is 31.2 Å². The molecule has 0 bridgehead atoms. The zero-order valence-electron chi connectivity index (χ0n) is 10.1. The van der Waals surface area contributed by atoms with Crippen molar-refractivity contribution in [2.75, 3.05) is 0 Å². The highest BCUT2D eigenvalue weighted by atomic mass is 16.5. The van der Waals surface area contributed by atoms with Crippen LogP contribution < -0.4 is 4.74 Å². The van der Waals surface area contributed by atoms with Crippen molar-refractivity contribution < 1.29 is 14.6 Å². The van der Waals surface area contributed by atoms with Crippen LogP contribution in [0, 0.1) is 12.8 Å². The van der Waals surface area contributed by atoms with E-state index in [1.165, 1.54) is 0 Å².